The van der Waals surface area contributed by atoms with Crippen LogP contribution in [0.4, 0.5) is 5.69 Å². The highest BCUT2D eigenvalue weighted by atomic mass is 16.3. The molecule has 1 amide bonds. The van der Waals surface area contributed by atoms with Crippen molar-refractivity contribution in [1.82, 2.24) is 9.55 Å². The molecule has 0 saturated carbocycles. The predicted molar refractivity (Wildman–Crippen MR) is 70.2 cm³/mol. The molecular formula is C13H11N3O3. The number of aromatic nitrogens is 2. The lowest BCUT2D eigenvalue weighted by Crippen LogP contribution is -2.11. The summed E-state index contributed by atoms with van der Waals surface area (Å²) in [6.07, 6.45) is 1.44. The summed E-state index contributed by atoms with van der Waals surface area (Å²) in [5.41, 5.74) is 1.85. The van der Waals surface area contributed by atoms with Gasteiger partial charge in [-0.2, -0.15) is 0 Å². The Balaban J connectivity index is 1.94. The molecular weight excluding hydrogens is 246 g/mol. The number of carbonyl (C=O) groups is 1. The van der Waals surface area contributed by atoms with Crippen molar-refractivity contribution in [3.63, 3.8) is 0 Å². The second kappa shape index (κ2) is 4.16. The first-order chi connectivity index (χ1) is 9.15. The van der Waals surface area contributed by atoms with Crippen molar-refractivity contribution in [2.24, 2.45) is 7.05 Å². The molecule has 19 heavy (non-hydrogen) atoms. The fourth-order valence-corrected chi connectivity index (χ4v) is 1.92. The van der Waals surface area contributed by atoms with E-state index in [4.69, 9.17) is 4.42 Å². The molecule has 0 unspecified atom stereocenters. The quantitative estimate of drug-likeness (QED) is 0.733. The van der Waals surface area contributed by atoms with Crippen LogP contribution in [-0.4, -0.2) is 15.5 Å². The zero-order valence-corrected chi connectivity index (χ0v) is 10.1. The number of benzene rings is 1. The van der Waals surface area contributed by atoms with Crippen LogP contribution < -0.4 is 11.0 Å². The van der Waals surface area contributed by atoms with E-state index in [1.54, 1.807) is 37.4 Å². The third-order valence-corrected chi connectivity index (χ3v) is 2.91. The van der Waals surface area contributed by atoms with Gasteiger partial charge in [-0.05, 0) is 30.3 Å². The van der Waals surface area contributed by atoms with Crippen molar-refractivity contribution in [3.05, 3.63) is 52.8 Å². The van der Waals surface area contributed by atoms with Gasteiger partial charge in [-0.15, -0.1) is 0 Å². The molecule has 6 nitrogen and oxygen atoms in total. The van der Waals surface area contributed by atoms with Crippen LogP contribution in [0.5, 0.6) is 0 Å². The average molecular weight is 257 g/mol. The third-order valence-electron chi connectivity index (χ3n) is 2.91. The molecule has 3 aromatic rings. The van der Waals surface area contributed by atoms with E-state index in [1.165, 1.54) is 10.8 Å². The standard InChI is InChI=1S/C13H11N3O3/c1-16-10-5-4-8(7-9(10)15-13(16)18)14-12(17)11-3-2-6-19-11/h2-7H,1H3,(H,14,17)(H,15,18). The Morgan fingerprint density at radius 2 is 2.21 bits per heavy atom. The van der Waals surface area contributed by atoms with Crippen LogP contribution in [-0.2, 0) is 7.05 Å². The maximum absolute atomic E-state index is 11.8. The van der Waals surface area contributed by atoms with Crippen LogP contribution in [0, 0.1) is 0 Å². The molecule has 2 aromatic heterocycles. The average Bonchev–Trinajstić information content (AvgIpc) is 2.99. The number of anilines is 1. The van der Waals surface area contributed by atoms with E-state index in [1.807, 2.05) is 0 Å². The van der Waals surface area contributed by atoms with Crippen molar-refractivity contribution >= 4 is 22.6 Å². The minimum Gasteiger partial charge on any atom is -0.459 e. The summed E-state index contributed by atoms with van der Waals surface area (Å²) in [4.78, 5) is 26.0. The number of nitrogens with zero attached hydrogens (tertiary/aromatic N) is 1. The number of hydrogen-bond donors (Lipinski definition) is 2. The van der Waals surface area contributed by atoms with Gasteiger partial charge in [0.1, 0.15) is 0 Å². The normalized spacial score (nSPS) is 10.8. The van der Waals surface area contributed by atoms with Crippen molar-refractivity contribution in [2.75, 3.05) is 5.32 Å². The highest BCUT2D eigenvalue weighted by Gasteiger charge is 2.10. The molecule has 2 heterocycles. The molecule has 3 rings (SSSR count). The van der Waals surface area contributed by atoms with E-state index in [0.29, 0.717) is 11.2 Å². The van der Waals surface area contributed by atoms with Gasteiger partial charge in [-0.25, -0.2) is 4.79 Å². The largest absolute Gasteiger partial charge is 0.459 e. The van der Waals surface area contributed by atoms with Gasteiger partial charge < -0.3 is 14.7 Å². The molecule has 0 saturated heterocycles. The number of amides is 1. The Labute approximate surface area is 107 Å². The van der Waals surface area contributed by atoms with Crippen LogP contribution >= 0.6 is 0 Å². The zero-order chi connectivity index (χ0) is 13.4. The summed E-state index contributed by atoms with van der Waals surface area (Å²) >= 11 is 0. The Morgan fingerprint density at radius 3 is 2.95 bits per heavy atom. The second-order valence-electron chi connectivity index (χ2n) is 4.15. The molecule has 0 aliphatic carbocycles. The van der Waals surface area contributed by atoms with Gasteiger partial charge in [-0.3, -0.25) is 9.36 Å². The Bertz CT molecular complexity index is 796. The smallest absolute Gasteiger partial charge is 0.326 e. The number of imidazole rings is 1. The maximum Gasteiger partial charge on any atom is 0.326 e. The molecule has 2 N–H and O–H groups in total. The van der Waals surface area contributed by atoms with Crippen molar-refractivity contribution < 1.29 is 9.21 Å². The second-order valence-corrected chi connectivity index (χ2v) is 4.15. The number of aromatic amines is 1. The van der Waals surface area contributed by atoms with E-state index in [9.17, 15) is 9.59 Å². The van der Waals surface area contributed by atoms with E-state index in [2.05, 4.69) is 10.3 Å². The molecule has 0 aliphatic rings. The van der Waals surface area contributed by atoms with Gasteiger partial charge in [0.25, 0.3) is 5.91 Å². The molecule has 6 heteroatoms. The molecule has 1 aromatic carbocycles. The zero-order valence-electron chi connectivity index (χ0n) is 10.1. The lowest BCUT2D eigenvalue weighted by atomic mass is 10.2. The van der Waals surface area contributed by atoms with Gasteiger partial charge >= 0.3 is 5.69 Å². The predicted octanol–water partition coefficient (Wildman–Crippen LogP) is 1.71. The summed E-state index contributed by atoms with van der Waals surface area (Å²) in [5.74, 6) is -0.0933. The minimum atomic E-state index is -0.331. The molecule has 0 spiro atoms. The molecule has 0 aliphatic heterocycles. The summed E-state index contributed by atoms with van der Waals surface area (Å²) in [6.45, 7) is 0. The number of rotatable bonds is 2. The number of fused-ring (bicyclic) bond motifs is 1. The third kappa shape index (κ3) is 1.93. The van der Waals surface area contributed by atoms with Crippen LogP contribution in [0.1, 0.15) is 10.6 Å². The Morgan fingerprint density at radius 1 is 1.37 bits per heavy atom. The highest BCUT2D eigenvalue weighted by Crippen LogP contribution is 2.16. The van der Waals surface area contributed by atoms with Gasteiger partial charge in [0.15, 0.2) is 5.76 Å². The van der Waals surface area contributed by atoms with Gasteiger partial charge in [-0.1, -0.05) is 0 Å². The highest BCUT2D eigenvalue weighted by molar-refractivity contribution is 6.03. The van der Waals surface area contributed by atoms with Gasteiger partial charge in [0, 0.05) is 12.7 Å². The number of aryl methyl sites for hydroxylation is 1. The van der Waals surface area contributed by atoms with E-state index in [-0.39, 0.29) is 17.4 Å². The first-order valence-corrected chi connectivity index (χ1v) is 5.69. The Kier molecular flexibility index (Phi) is 2.49. The van der Waals surface area contributed by atoms with Crippen LogP contribution in [0.2, 0.25) is 0 Å². The number of nitrogens with one attached hydrogen (secondary N) is 2. The number of carbonyl (C=O) groups excluding carboxylic acids is 1. The monoisotopic (exact) mass is 257 g/mol. The van der Waals surface area contributed by atoms with E-state index >= 15 is 0 Å². The van der Waals surface area contributed by atoms with E-state index < -0.39 is 0 Å². The molecule has 0 bridgehead atoms. The summed E-state index contributed by atoms with van der Waals surface area (Å²) < 4.78 is 6.51. The fraction of sp³-hybridized carbons (Fsp3) is 0.0769. The van der Waals surface area contributed by atoms with E-state index in [0.717, 1.165) is 5.52 Å². The van der Waals surface area contributed by atoms with Gasteiger partial charge in [0.05, 0.1) is 17.3 Å². The fourth-order valence-electron chi connectivity index (χ4n) is 1.92. The van der Waals surface area contributed by atoms with Crippen molar-refractivity contribution in [1.29, 1.82) is 0 Å². The minimum absolute atomic E-state index is 0.190. The van der Waals surface area contributed by atoms with Crippen molar-refractivity contribution in [2.45, 2.75) is 0 Å². The summed E-state index contributed by atoms with van der Waals surface area (Å²) in [7, 11) is 1.68. The molecule has 96 valence electrons. The van der Waals surface area contributed by atoms with Crippen LogP contribution in [0.3, 0.4) is 0 Å². The lowest BCUT2D eigenvalue weighted by molar-refractivity contribution is 0.0996. The van der Waals surface area contributed by atoms with Crippen LogP contribution in [0.25, 0.3) is 11.0 Å². The molecule has 0 atom stereocenters. The topological polar surface area (TPSA) is 80.0 Å². The first-order valence-electron chi connectivity index (χ1n) is 5.69. The first kappa shape index (κ1) is 11.3. The van der Waals surface area contributed by atoms with Gasteiger partial charge in [0.2, 0.25) is 0 Å². The lowest BCUT2D eigenvalue weighted by Gasteiger charge is -2.03. The molecule has 0 radical (unpaired) electrons. The summed E-state index contributed by atoms with van der Waals surface area (Å²) in [6, 6.07) is 8.43. The van der Waals surface area contributed by atoms with Crippen LogP contribution in [0.15, 0.2) is 45.8 Å². The summed E-state index contributed by atoms with van der Waals surface area (Å²) in [5, 5.41) is 2.70. The number of furan rings is 1. The Hall–Kier alpha value is -2.76. The number of H-pyrrole nitrogens is 1. The SMILES string of the molecule is Cn1c(=O)[nH]c2cc(NC(=O)c3ccco3)ccc21. The molecule has 0 fully saturated rings. The number of hydrogen-bond acceptors (Lipinski definition) is 3. The van der Waals surface area contributed by atoms with Crippen molar-refractivity contribution in [3.8, 4) is 0 Å². The maximum atomic E-state index is 11.8.